The Hall–Kier alpha value is -1.76. The Bertz CT molecular complexity index is 556. The first-order valence-electron chi connectivity index (χ1n) is 5.61. The van der Waals surface area contributed by atoms with Gasteiger partial charge in [-0.3, -0.25) is 0 Å². The minimum atomic E-state index is 0.502. The predicted molar refractivity (Wildman–Crippen MR) is 68.2 cm³/mol. The average molecular weight is 264 g/mol. The molecular weight excluding hydrogens is 252 g/mol. The highest BCUT2D eigenvalue weighted by atomic mass is 32.2. The third-order valence-electron chi connectivity index (χ3n) is 2.95. The zero-order valence-electron chi connectivity index (χ0n) is 9.80. The van der Waals surface area contributed by atoms with Gasteiger partial charge in [-0.05, 0) is 19.3 Å². The van der Waals surface area contributed by atoms with Crippen LogP contribution in [0.5, 0.6) is 5.88 Å². The monoisotopic (exact) mass is 264 g/mol. The molecule has 18 heavy (non-hydrogen) atoms. The van der Waals surface area contributed by atoms with E-state index in [9.17, 15) is 0 Å². The van der Waals surface area contributed by atoms with Gasteiger partial charge in [0.25, 0.3) is 0 Å². The normalized spacial score (nSPS) is 20.2. The summed E-state index contributed by atoms with van der Waals surface area (Å²) >= 11 is 1.58. The van der Waals surface area contributed by atoms with Gasteiger partial charge in [0.15, 0.2) is 0 Å². The Kier molecular flexibility index (Phi) is 2.83. The van der Waals surface area contributed by atoms with E-state index in [1.807, 2.05) is 0 Å². The van der Waals surface area contributed by atoms with Gasteiger partial charge in [-0.25, -0.2) is 4.98 Å². The molecule has 0 aromatic carbocycles. The summed E-state index contributed by atoms with van der Waals surface area (Å²) in [5.74, 6) is 0.502. The molecule has 2 N–H and O–H groups in total. The lowest BCUT2D eigenvalue weighted by molar-refractivity contribution is 0.317. The SMILES string of the molecule is COc1ncnc2c1NC1=C(CCC/C1=N\O)S2. The lowest BCUT2D eigenvalue weighted by Gasteiger charge is -2.27. The number of oxime groups is 1. The summed E-state index contributed by atoms with van der Waals surface area (Å²) < 4.78 is 5.21. The minimum Gasteiger partial charge on any atom is -0.479 e. The molecule has 0 fully saturated rings. The number of anilines is 1. The van der Waals surface area contributed by atoms with Crippen molar-refractivity contribution in [3.8, 4) is 5.88 Å². The van der Waals surface area contributed by atoms with E-state index in [0.717, 1.165) is 40.6 Å². The number of methoxy groups -OCH3 is 1. The molecule has 0 spiro atoms. The number of nitrogens with one attached hydrogen (secondary N) is 1. The van der Waals surface area contributed by atoms with Crippen molar-refractivity contribution in [2.45, 2.75) is 24.3 Å². The minimum absolute atomic E-state index is 0.502. The van der Waals surface area contributed by atoms with Crippen LogP contribution in [0.25, 0.3) is 0 Å². The van der Waals surface area contributed by atoms with Crippen molar-refractivity contribution in [1.82, 2.24) is 9.97 Å². The van der Waals surface area contributed by atoms with E-state index in [-0.39, 0.29) is 0 Å². The Balaban J connectivity index is 2.06. The van der Waals surface area contributed by atoms with Gasteiger partial charge in [-0.2, -0.15) is 4.98 Å². The molecule has 7 heteroatoms. The van der Waals surface area contributed by atoms with Gasteiger partial charge < -0.3 is 15.3 Å². The summed E-state index contributed by atoms with van der Waals surface area (Å²) in [4.78, 5) is 9.46. The fourth-order valence-corrected chi connectivity index (χ4v) is 3.20. The van der Waals surface area contributed by atoms with Crippen molar-refractivity contribution in [2.75, 3.05) is 12.4 Å². The third kappa shape index (κ3) is 1.71. The molecule has 1 aromatic rings. The van der Waals surface area contributed by atoms with Gasteiger partial charge >= 0.3 is 0 Å². The molecule has 0 amide bonds. The van der Waals surface area contributed by atoms with Crippen molar-refractivity contribution in [2.24, 2.45) is 5.16 Å². The fourth-order valence-electron chi connectivity index (χ4n) is 2.11. The first kappa shape index (κ1) is 11.3. The maximum absolute atomic E-state index is 9.05. The van der Waals surface area contributed by atoms with Crippen LogP contribution in [0.15, 0.2) is 27.1 Å². The molecule has 3 rings (SSSR count). The fraction of sp³-hybridized carbons (Fsp3) is 0.364. The first-order valence-corrected chi connectivity index (χ1v) is 6.43. The summed E-state index contributed by atoms with van der Waals surface area (Å²) in [5.41, 5.74) is 2.29. The van der Waals surface area contributed by atoms with Crippen molar-refractivity contribution >= 4 is 23.2 Å². The van der Waals surface area contributed by atoms with Gasteiger partial charge in [0.05, 0.1) is 12.8 Å². The Morgan fingerprint density at radius 3 is 3.11 bits per heavy atom. The molecule has 6 nitrogen and oxygen atoms in total. The van der Waals surface area contributed by atoms with Crippen molar-refractivity contribution in [3.05, 3.63) is 16.9 Å². The zero-order valence-corrected chi connectivity index (χ0v) is 10.6. The van der Waals surface area contributed by atoms with Crippen molar-refractivity contribution < 1.29 is 9.94 Å². The van der Waals surface area contributed by atoms with Crippen LogP contribution in [-0.2, 0) is 0 Å². The molecular formula is C11H12N4O2S. The Morgan fingerprint density at radius 2 is 2.33 bits per heavy atom. The number of hydrogen-bond acceptors (Lipinski definition) is 7. The highest BCUT2D eigenvalue weighted by molar-refractivity contribution is 8.03. The largest absolute Gasteiger partial charge is 0.479 e. The van der Waals surface area contributed by atoms with Crippen LogP contribution in [-0.4, -0.2) is 28.0 Å². The van der Waals surface area contributed by atoms with E-state index < -0.39 is 0 Å². The molecule has 1 aromatic heterocycles. The molecule has 94 valence electrons. The molecule has 0 radical (unpaired) electrons. The van der Waals surface area contributed by atoms with Crippen LogP contribution in [0.1, 0.15) is 19.3 Å². The molecule has 1 aliphatic carbocycles. The second-order valence-electron chi connectivity index (χ2n) is 3.99. The van der Waals surface area contributed by atoms with E-state index in [0.29, 0.717) is 11.6 Å². The van der Waals surface area contributed by atoms with Gasteiger partial charge in [0, 0.05) is 4.91 Å². The van der Waals surface area contributed by atoms with Crippen LogP contribution in [0.3, 0.4) is 0 Å². The highest BCUT2D eigenvalue weighted by Gasteiger charge is 2.28. The highest BCUT2D eigenvalue weighted by Crippen LogP contribution is 2.45. The molecule has 0 saturated carbocycles. The lowest BCUT2D eigenvalue weighted by Crippen LogP contribution is -2.21. The summed E-state index contributed by atoms with van der Waals surface area (Å²) in [6.07, 6.45) is 4.22. The van der Waals surface area contributed by atoms with E-state index in [1.165, 1.54) is 6.33 Å². The van der Waals surface area contributed by atoms with Gasteiger partial charge in [0.2, 0.25) is 5.88 Å². The van der Waals surface area contributed by atoms with E-state index >= 15 is 0 Å². The van der Waals surface area contributed by atoms with E-state index in [2.05, 4.69) is 20.4 Å². The number of hydrogen-bond donors (Lipinski definition) is 2. The number of rotatable bonds is 1. The molecule has 0 unspecified atom stereocenters. The van der Waals surface area contributed by atoms with Gasteiger partial charge in [-0.1, -0.05) is 16.9 Å². The van der Waals surface area contributed by atoms with Crippen LogP contribution >= 0.6 is 11.8 Å². The maximum Gasteiger partial charge on any atom is 0.241 e. The molecule has 1 aliphatic heterocycles. The third-order valence-corrected chi connectivity index (χ3v) is 4.10. The number of nitrogens with zero attached hydrogens (tertiary/aromatic N) is 3. The maximum atomic E-state index is 9.05. The Labute approximate surface area is 108 Å². The van der Waals surface area contributed by atoms with Crippen LogP contribution in [0.2, 0.25) is 0 Å². The summed E-state index contributed by atoms with van der Waals surface area (Å²) in [6.45, 7) is 0. The van der Waals surface area contributed by atoms with Gasteiger partial charge in [0.1, 0.15) is 22.8 Å². The van der Waals surface area contributed by atoms with Gasteiger partial charge in [-0.15, -0.1) is 0 Å². The zero-order chi connectivity index (χ0) is 12.5. The number of thioether (sulfide) groups is 1. The lowest BCUT2D eigenvalue weighted by atomic mass is 10.0. The second kappa shape index (κ2) is 4.49. The molecule has 0 atom stereocenters. The topological polar surface area (TPSA) is 79.6 Å². The number of fused-ring (bicyclic) bond motifs is 1. The number of ether oxygens (including phenoxy) is 1. The van der Waals surface area contributed by atoms with Crippen molar-refractivity contribution in [3.63, 3.8) is 0 Å². The quantitative estimate of drug-likeness (QED) is 0.460. The van der Waals surface area contributed by atoms with Crippen LogP contribution < -0.4 is 10.1 Å². The average Bonchev–Trinajstić information content (AvgIpc) is 2.43. The molecule has 2 heterocycles. The molecule has 0 saturated heterocycles. The van der Waals surface area contributed by atoms with Crippen LogP contribution in [0, 0.1) is 0 Å². The van der Waals surface area contributed by atoms with Crippen LogP contribution in [0.4, 0.5) is 5.69 Å². The number of allylic oxidation sites excluding steroid dienone is 2. The summed E-state index contributed by atoms with van der Waals surface area (Å²) in [7, 11) is 1.57. The predicted octanol–water partition coefficient (Wildman–Crippen LogP) is 2.23. The second-order valence-corrected chi connectivity index (χ2v) is 5.07. The van der Waals surface area contributed by atoms with E-state index in [4.69, 9.17) is 9.94 Å². The summed E-state index contributed by atoms with van der Waals surface area (Å²) in [5, 5.41) is 16.5. The smallest absolute Gasteiger partial charge is 0.241 e. The summed E-state index contributed by atoms with van der Waals surface area (Å²) in [6, 6.07) is 0. The molecule has 2 aliphatic rings. The first-order chi connectivity index (χ1) is 8.83. The van der Waals surface area contributed by atoms with E-state index in [1.54, 1.807) is 18.9 Å². The van der Waals surface area contributed by atoms with Crippen molar-refractivity contribution in [1.29, 1.82) is 0 Å². The number of aromatic nitrogens is 2. The standard InChI is InChI=1S/C11H12N4O2S/c1-17-10-9-11(13-5-12-10)18-7-4-2-3-6(15-16)8(7)14-9/h5,14,16H,2-4H2,1H3/b15-6+. The molecule has 0 bridgehead atoms. The Morgan fingerprint density at radius 1 is 1.44 bits per heavy atom.